The van der Waals surface area contributed by atoms with Gasteiger partial charge < -0.3 is 14.8 Å². The van der Waals surface area contributed by atoms with Crippen molar-refractivity contribution >= 4 is 22.9 Å². The van der Waals surface area contributed by atoms with Gasteiger partial charge in [-0.2, -0.15) is 0 Å². The molecule has 1 N–H and O–H groups in total. The van der Waals surface area contributed by atoms with Crippen molar-refractivity contribution in [2.45, 2.75) is 59.7 Å². The van der Waals surface area contributed by atoms with E-state index in [-0.39, 0.29) is 11.0 Å². The van der Waals surface area contributed by atoms with Crippen LogP contribution in [0.3, 0.4) is 0 Å². The van der Waals surface area contributed by atoms with Crippen LogP contribution >= 0.6 is 22.9 Å². The van der Waals surface area contributed by atoms with Crippen molar-refractivity contribution in [3.63, 3.8) is 0 Å². The van der Waals surface area contributed by atoms with Crippen molar-refractivity contribution in [1.82, 2.24) is 5.32 Å². The molecule has 0 spiro atoms. The maximum atomic E-state index is 6.48. The van der Waals surface area contributed by atoms with E-state index < -0.39 is 0 Å². The molecule has 0 saturated carbocycles. The third-order valence-corrected chi connectivity index (χ3v) is 5.10. The van der Waals surface area contributed by atoms with Crippen molar-refractivity contribution in [1.29, 1.82) is 0 Å². The second-order valence-corrected chi connectivity index (χ2v) is 9.89. The van der Waals surface area contributed by atoms with E-state index in [9.17, 15) is 0 Å². The zero-order valence-corrected chi connectivity index (χ0v) is 18.2. The van der Waals surface area contributed by atoms with E-state index in [0.29, 0.717) is 23.1 Å². The van der Waals surface area contributed by atoms with Crippen LogP contribution in [0.15, 0.2) is 29.6 Å². The summed E-state index contributed by atoms with van der Waals surface area (Å²) < 4.78 is 11.4. The Labute approximate surface area is 166 Å². The molecular weight excluding hydrogens is 366 g/mol. The first-order valence-electron chi connectivity index (χ1n) is 8.86. The highest BCUT2D eigenvalue weighted by Crippen LogP contribution is 2.37. The lowest BCUT2D eigenvalue weighted by Crippen LogP contribution is -2.41. The zero-order chi connectivity index (χ0) is 19.4. The largest absolute Gasteiger partial charge is 0.493 e. The number of halogens is 1. The Morgan fingerprint density at radius 1 is 1.15 bits per heavy atom. The van der Waals surface area contributed by atoms with Gasteiger partial charge in [0.15, 0.2) is 11.5 Å². The molecule has 0 atom stereocenters. The average molecular weight is 396 g/mol. The van der Waals surface area contributed by atoms with E-state index >= 15 is 0 Å². The fourth-order valence-corrected chi connectivity index (χ4v) is 4.19. The number of rotatable bonds is 8. The van der Waals surface area contributed by atoms with Crippen LogP contribution in [0.1, 0.15) is 51.5 Å². The van der Waals surface area contributed by atoms with E-state index in [2.05, 4.69) is 39.9 Å². The van der Waals surface area contributed by atoms with Gasteiger partial charge >= 0.3 is 0 Å². The van der Waals surface area contributed by atoms with Gasteiger partial charge in [0.05, 0.1) is 12.1 Å². The lowest BCUT2D eigenvalue weighted by Gasteiger charge is -2.33. The number of hydrogen-bond acceptors (Lipinski definition) is 4. The Morgan fingerprint density at radius 3 is 2.46 bits per heavy atom. The van der Waals surface area contributed by atoms with Gasteiger partial charge in [-0.3, -0.25) is 0 Å². The molecule has 0 bridgehead atoms. The molecule has 0 aliphatic heterocycles. The minimum Gasteiger partial charge on any atom is -0.493 e. The zero-order valence-electron chi connectivity index (χ0n) is 16.6. The molecule has 0 amide bonds. The number of ether oxygens (including phenoxy) is 2. The Kier molecular flexibility index (Phi) is 7.00. The molecule has 26 heavy (non-hydrogen) atoms. The summed E-state index contributed by atoms with van der Waals surface area (Å²) in [5, 5.41) is 6.24. The molecule has 5 heteroatoms. The maximum Gasteiger partial charge on any atom is 0.180 e. The quantitative estimate of drug-likeness (QED) is 0.569. The summed E-state index contributed by atoms with van der Waals surface area (Å²) >= 11 is 8.14. The molecule has 0 unspecified atom stereocenters. The number of benzene rings is 1. The molecule has 1 aromatic carbocycles. The molecule has 1 heterocycles. The molecular formula is C21H30ClNO2S. The number of hydrogen-bond donors (Lipinski definition) is 1. The Morgan fingerprint density at radius 2 is 1.88 bits per heavy atom. The normalized spacial score (nSPS) is 12.3. The Balaban J connectivity index is 2.07. The number of thiophene rings is 1. The summed E-state index contributed by atoms with van der Waals surface area (Å²) in [6.07, 6.45) is 1.08. The molecule has 0 radical (unpaired) electrons. The molecule has 144 valence electrons. The van der Waals surface area contributed by atoms with Crippen LogP contribution in [-0.4, -0.2) is 12.6 Å². The van der Waals surface area contributed by atoms with Gasteiger partial charge in [-0.1, -0.05) is 38.4 Å². The van der Waals surface area contributed by atoms with Gasteiger partial charge in [0, 0.05) is 17.0 Å². The van der Waals surface area contributed by atoms with Gasteiger partial charge in [-0.25, -0.2) is 0 Å². The first-order valence-corrected chi connectivity index (χ1v) is 10.1. The highest BCUT2D eigenvalue weighted by atomic mass is 35.5. The summed E-state index contributed by atoms with van der Waals surface area (Å²) in [5.74, 6) is 1.26. The molecule has 0 aliphatic rings. The minimum atomic E-state index is 0.0340. The highest BCUT2D eigenvalue weighted by Gasteiger charge is 2.25. The smallest absolute Gasteiger partial charge is 0.180 e. The first kappa shape index (κ1) is 21.1. The summed E-state index contributed by atoms with van der Waals surface area (Å²) in [5.41, 5.74) is 1.38. The fourth-order valence-electron chi connectivity index (χ4n) is 3.28. The molecule has 0 saturated heterocycles. The van der Waals surface area contributed by atoms with Crippen LogP contribution in [0.4, 0.5) is 0 Å². The van der Waals surface area contributed by atoms with Crippen molar-refractivity contribution < 1.29 is 9.47 Å². The minimum absolute atomic E-state index is 0.0340. The van der Waals surface area contributed by atoms with Crippen LogP contribution in [-0.2, 0) is 13.2 Å². The second kappa shape index (κ2) is 8.64. The summed E-state index contributed by atoms with van der Waals surface area (Å²) in [4.78, 5) is 1.15. The topological polar surface area (TPSA) is 30.5 Å². The third-order valence-electron chi connectivity index (χ3n) is 3.97. The molecule has 2 rings (SSSR count). The predicted octanol–water partition coefficient (Wildman–Crippen LogP) is 6.29. The van der Waals surface area contributed by atoms with Gasteiger partial charge in [0.1, 0.15) is 6.61 Å². The van der Waals surface area contributed by atoms with Gasteiger partial charge in [0.25, 0.3) is 0 Å². The average Bonchev–Trinajstić information content (AvgIpc) is 3.02. The SMILES string of the molecule is COc1cc(CNC(C)(C)CC(C)(C)C)cc(Cl)c1OCc1cccs1. The fraction of sp³-hybridized carbons (Fsp3) is 0.524. The van der Waals surface area contributed by atoms with Crippen molar-refractivity contribution in [2.75, 3.05) is 7.11 Å². The molecule has 2 aromatic rings. The maximum absolute atomic E-state index is 6.48. The van der Waals surface area contributed by atoms with E-state index in [1.807, 2.05) is 29.6 Å². The summed E-state index contributed by atoms with van der Waals surface area (Å²) in [6.45, 7) is 12.5. The van der Waals surface area contributed by atoms with Crippen LogP contribution in [0, 0.1) is 5.41 Å². The third kappa shape index (κ3) is 6.49. The standard InChI is InChI=1S/C21H30ClNO2S/c1-20(2,3)14-21(4,5)23-12-15-10-17(22)19(18(11-15)24-6)25-13-16-8-7-9-26-16/h7-11,23H,12-14H2,1-6H3. The van der Waals surface area contributed by atoms with Crippen LogP contribution < -0.4 is 14.8 Å². The molecule has 0 aliphatic carbocycles. The molecule has 1 aromatic heterocycles. The molecule has 0 fully saturated rings. The van der Waals surface area contributed by atoms with Gasteiger partial charge in [-0.05, 0) is 54.8 Å². The van der Waals surface area contributed by atoms with E-state index in [4.69, 9.17) is 21.1 Å². The van der Waals surface area contributed by atoms with Crippen molar-refractivity contribution in [3.05, 3.63) is 45.1 Å². The van der Waals surface area contributed by atoms with Gasteiger partial charge in [0.2, 0.25) is 0 Å². The first-order chi connectivity index (χ1) is 12.1. The van der Waals surface area contributed by atoms with Crippen LogP contribution in [0.25, 0.3) is 0 Å². The van der Waals surface area contributed by atoms with Crippen LogP contribution in [0.2, 0.25) is 5.02 Å². The second-order valence-electron chi connectivity index (χ2n) is 8.45. The highest BCUT2D eigenvalue weighted by molar-refractivity contribution is 7.09. The summed E-state index contributed by atoms with van der Waals surface area (Å²) in [6, 6.07) is 8.00. The number of nitrogens with one attached hydrogen (secondary N) is 1. The Hall–Kier alpha value is -1.23. The van der Waals surface area contributed by atoms with E-state index in [0.717, 1.165) is 23.4 Å². The molecule has 3 nitrogen and oxygen atoms in total. The lowest BCUT2D eigenvalue weighted by atomic mass is 9.82. The summed E-state index contributed by atoms with van der Waals surface area (Å²) in [7, 11) is 1.64. The number of methoxy groups -OCH3 is 1. The van der Waals surface area contributed by atoms with E-state index in [1.54, 1.807) is 18.4 Å². The van der Waals surface area contributed by atoms with E-state index in [1.165, 1.54) is 0 Å². The Bertz CT molecular complexity index is 706. The predicted molar refractivity (Wildman–Crippen MR) is 112 cm³/mol. The lowest BCUT2D eigenvalue weighted by molar-refractivity contribution is 0.240. The van der Waals surface area contributed by atoms with Crippen molar-refractivity contribution in [2.24, 2.45) is 5.41 Å². The van der Waals surface area contributed by atoms with Crippen LogP contribution in [0.5, 0.6) is 11.5 Å². The monoisotopic (exact) mass is 395 g/mol. The van der Waals surface area contributed by atoms with Gasteiger partial charge in [-0.15, -0.1) is 11.3 Å². The van der Waals surface area contributed by atoms with Crippen molar-refractivity contribution in [3.8, 4) is 11.5 Å².